The number of fused-ring (bicyclic) bond motifs is 1. The first-order valence-corrected chi connectivity index (χ1v) is 7.75. The molecule has 2 heterocycles. The number of rotatable bonds is 5. The van der Waals surface area contributed by atoms with Crippen molar-refractivity contribution in [1.82, 2.24) is 9.88 Å². The van der Waals surface area contributed by atoms with Gasteiger partial charge in [-0.15, -0.1) is 0 Å². The van der Waals surface area contributed by atoms with Gasteiger partial charge in [0.15, 0.2) is 0 Å². The molecule has 0 radical (unpaired) electrons. The fourth-order valence-corrected chi connectivity index (χ4v) is 3.27. The summed E-state index contributed by atoms with van der Waals surface area (Å²) >= 11 is 0. The number of amides is 1. The van der Waals surface area contributed by atoms with Crippen molar-refractivity contribution in [3.63, 3.8) is 0 Å². The summed E-state index contributed by atoms with van der Waals surface area (Å²) in [7, 11) is 0. The highest BCUT2D eigenvalue weighted by molar-refractivity contribution is 5.83. The molecule has 0 aliphatic carbocycles. The van der Waals surface area contributed by atoms with E-state index in [0.717, 1.165) is 37.7 Å². The molecule has 4 heteroatoms. The fourth-order valence-electron chi connectivity index (χ4n) is 3.27. The van der Waals surface area contributed by atoms with E-state index in [2.05, 4.69) is 17.1 Å². The summed E-state index contributed by atoms with van der Waals surface area (Å²) in [6.45, 7) is 0.894. The van der Waals surface area contributed by atoms with Crippen LogP contribution in [0, 0.1) is 0 Å². The molecule has 1 aliphatic rings. The zero-order valence-electron chi connectivity index (χ0n) is 12.2. The van der Waals surface area contributed by atoms with Crippen molar-refractivity contribution in [2.24, 2.45) is 0 Å². The predicted octanol–water partition coefficient (Wildman–Crippen LogP) is 2.47. The van der Waals surface area contributed by atoms with Gasteiger partial charge in [-0.1, -0.05) is 18.2 Å². The summed E-state index contributed by atoms with van der Waals surface area (Å²) < 4.78 is 0. The van der Waals surface area contributed by atoms with Crippen LogP contribution in [0.4, 0.5) is 0 Å². The fraction of sp³-hybridized carbons (Fsp3) is 0.471. The Morgan fingerprint density at radius 1 is 1.38 bits per heavy atom. The van der Waals surface area contributed by atoms with E-state index in [1.165, 1.54) is 10.9 Å². The van der Waals surface area contributed by atoms with Crippen molar-refractivity contribution in [2.75, 3.05) is 13.2 Å². The van der Waals surface area contributed by atoms with E-state index in [0.29, 0.717) is 6.42 Å². The van der Waals surface area contributed by atoms with E-state index < -0.39 is 0 Å². The number of likely N-dealkylation sites (tertiary alicyclic amines) is 1. The zero-order chi connectivity index (χ0) is 14.7. The Balaban J connectivity index is 1.55. The Kier molecular flexibility index (Phi) is 4.25. The molecule has 0 spiro atoms. The molecule has 1 fully saturated rings. The van der Waals surface area contributed by atoms with Crippen molar-refractivity contribution in [1.29, 1.82) is 0 Å². The van der Waals surface area contributed by atoms with Crippen molar-refractivity contribution in [3.05, 3.63) is 36.0 Å². The number of aryl methyl sites for hydroxylation is 1. The molecule has 4 nitrogen and oxygen atoms in total. The number of benzene rings is 1. The topological polar surface area (TPSA) is 56.3 Å². The monoisotopic (exact) mass is 286 g/mol. The van der Waals surface area contributed by atoms with E-state index in [4.69, 9.17) is 0 Å². The number of carbonyl (C=O) groups excluding carboxylic acids is 1. The standard InChI is InChI=1S/C17H22N2O2/c20-12-14-6-4-10-19(14)17(21)9-3-5-13-11-18-16-8-2-1-7-15(13)16/h1-2,7-8,11,14,18,20H,3-6,9-10,12H2/t14-/m0/s1. The number of nitrogens with one attached hydrogen (secondary N) is 1. The lowest BCUT2D eigenvalue weighted by Gasteiger charge is -2.22. The Labute approximate surface area is 124 Å². The minimum Gasteiger partial charge on any atom is -0.394 e. The van der Waals surface area contributed by atoms with Crippen LogP contribution in [0.25, 0.3) is 10.9 Å². The van der Waals surface area contributed by atoms with Crippen LogP contribution in [-0.2, 0) is 11.2 Å². The lowest BCUT2D eigenvalue weighted by atomic mass is 10.1. The van der Waals surface area contributed by atoms with E-state index in [1.807, 2.05) is 23.2 Å². The van der Waals surface area contributed by atoms with E-state index in [1.54, 1.807) is 0 Å². The van der Waals surface area contributed by atoms with Gasteiger partial charge in [0.25, 0.3) is 0 Å². The van der Waals surface area contributed by atoms with Gasteiger partial charge in [-0.3, -0.25) is 4.79 Å². The Hall–Kier alpha value is -1.81. The highest BCUT2D eigenvalue weighted by Crippen LogP contribution is 2.21. The van der Waals surface area contributed by atoms with Gasteiger partial charge in [0.05, 0.1) is 12.6 Å². The summed E-state index contributed by atoms with van der Waals surface area (Å²) in [5.74, 6) is 0.186. The maximum atomic E-state index is 12.2. The molecule has 2 aromatic rings. The average molecular weight is 286 g/mol. The molecule has 0 saturated carbocycles. The largest absolute Gasteiger partial charge is 0.394 e. The molecule has 0 bridgehead atoms. The molecular weight excluding hydrogens is 264 g/mol. The second-order valence-corrected chi connectivity index (χ2v) is 5.78. The zero-order valence-corrected chi connectivity index (χ0v) is 12.2. The minimum atomic E-state index is 0.0468. The summed E-state index contributed by atoms with van der Waals surface area (Å²) in [5, 5.41) is 10.5. The van der Waals surface area contributed by atoms with Gasteiger partial charge in [-0.2, -0.15) is 0 Å². The van der Waals surface area contributed by atoms with Crippen LogP contribution in [0.1, 0.15) is 31.2 Å². The summed E-state index contributed by atoms with van der Waals surface area (Å²) in [4.78, 5) is 17.3. The number of aliphatic hydroxyl groups is 1. The van der Waals surface area contributed by atoms with Crippen LogP contribution >= 0.6 is 0 Å². The molecule has 1 amide bonds. The molecule has 2 N–H and O–H groups in total. The third-order valence-corrected chi connectivity index (χ3v) is 4.42. The Bertz CT molecular complexity index is 620. The summed E-state index contributed by atoms with van der Waals surface area (Å²) in [6.07, 6.45) is 6.32. The van der Waals surface area contributed by atoms with Crippen molar-refractivity contribution in [2.45, 2.75) is 38.1 Å². The first-order valence-electron chi connectivity index (χ1n) is 7.75. The van der Waals surface area contributed by atoms with Crippen LogP contribution in [0.2, 0.25) is 0 Å². The van der Waals surface area contributed by atoms with E-state index >= 15 is 0 Å². The van der Waals surface area contributed by atoms with E-state index in [9.17, 15) is 9.90 Å². The number of aliphatic hydroxyl groups excluding tert-OH is 1. The molecule has 0 unspecified atom stereocenters. The molecule has 1 atom stereocenters. The number of carbonyl (C=O) groups is 1. The van der Waals surface area contributed by atoms with Crippen molar-refractivity contribution < 1.29 is 9.90 Å². The first-order chi connectivity index (χ1) is 10.3. The third-order valence-electron chi connectivity index (χ3n) is 4.42. The number of aromatic nitrogens is 1. The van der Waals surface area contributed by atoms with Crippen molar-refractivity contribution >= 4 is 16.8 Å². The predicted molar refractivity (Wildman–Crippen MR) is 83.1 cm³/mol. The normalized spacial score (nSPS) is 18.5. The lowest BCUT2D eigenvalue weighted by Crippen LogP contribution is -2.37. The number of para-hydroxylation sites is 1. The van der Waals surface area contributed by atoms with Gasteiger partial charge < -0.3 is 15.0 Å². The molecular formula is C17H22N2O2. The lowest BCUT2D eigenvalue weighted by molar-refractivity contribution is -0.132. The smallest absolute Gasteiger partial charge is 0.222 e. The van der Waals surface area contributed by atoms with E-state index in [-0.39, 0.29) is 18.6 Å². The second kappa shape index (κ2) is 6.31. The Morgan fingerprint density at radius 3 is 3.10 bits per heavy atom. The van der Waals surface area contributed by atoms with Gasteiger partial charge >= 0.3 is 0 Å². The van der Waals surface area contributed by atoms with Gasteiger partial charge in [0.2, 0.25) is 5.91 Å². The average Bonchev–Trinajstić information content (AvgIpc) is 3.14. The summed E-state index contributed by atoms with van der Waals surface area (Å²) in [6, 6.07) is 8.30. The number of hydrogen-bond acceptors (Lipinski definition) is 2. The third kappa shape index (κ3) is 2.95. The molecule has 1 aliphatic heterocycles. The van der Waals surface area contributed by atoms with Gasteiger partial charge in [-0.05, 0) is 37.3 Å². The molecule has 1 saturated heterocycles. The molecule has 3 rings (SSSR count). The highest BCUT2D eigenvalue weighted by Gasteiger charge is 2.27. The van der Waals surface area contributed by atoms with Crippen LogP contribution in [0.5, 0.6) is 0 Å². The maximum absolute atomic E-state index is 12.2. The minimum absolute atomic E-state index is 0.0468. The second-order valence-electron chi connectivity index (χ2n) is 5.78. The van der Waals surface area contributed by atoms with Crippen LogP contribution in [0.15, 0.2) is 30.5 Å². The number of hydrogen-bond donors (Lipinski definition) is 2. The Morgan fingerprint density at radius 2 is 2.24 bits per heavy atom. The number of nitrogens with zero attached hydrogens (tertiary/aromatic N) is 1. The molecule has 1 aromatic heterocycles. The quantitative estimate of drug-likeness (QED) is 0.887. The first kappa shape index (κ1) is 14.1. The van der Waals surface area contributed by atoms with Crippen LogP contribution in [0.3, 0.4) is 0 Å². The van der Waals surface area contributed by atoms with Crippen LogP contribution < -0.4 is 0 Å². The summed E-state index contributed by atoms with van der Waals surface area (Å²) in [5.41, 5.74) is 2.43. The molecule has 112 valence electrons. The molecule has 1 aromatic carbocycles. The maximum Gasteiger partial charge on any atom is 0.222 e. The highest BCUT2D eigenvalue weighted by atomic mass is 16.3. The van der Waals surface area contributed by atoms with Crippen molar-refractivity contribution in [3.8, 4) is 0 Å². The number of aromatic amines is 1. The molecule has 21 heavy (non-hydrogen) atoms. The van der Waals surface area contributed by atoms with Gasteiger partial charge in [-0.25, -0.2) is 0 Å². The number of H-pyrrole nitrogens is 1. The SMILES string of the molecule is O=C(CCCc1c[nH]c2ccccc12)N1CCC[C@H]1CO. The van der Waals surface area contributed by atoms with Gasteiger partial charge in [0, 0.05) is 30.1 Å². The van der Waals surface area contributed by atoms with Crippen LogP contribution in [-0.4, -0.2) is 40.1 Å². The van der Waals surface area contributed by atoms with Gasteiger partial charge in [0.1, 0.15) is 0 Å².